The lowest BCUT2D eigenvalue weighted by atomic mass is 10.0. The maximum Gasteiger partial charge on any atom is 0.220 e. The van der Waals surface area contributed by atoms with Crippen molar-refractivity contribution in [2.45, 2.75) is 19.3 Å². The first kappa shape index (κ1) is 5.27. The standard InChI is InChI=1S/C7H11NO/c9-7-3-6(4-8-7)5-1-2-5/h5-6H,1-4H2,(H,8,9). The molecule has 0 bridgehead atoms. The fourth-order valence-corrected chi connectivity index (χ4v) is 1.53. The van der Waals surface area contributed by atoms with E-state index in [2.05, 4.69) is 5.32 Å². The van der Waals surface area contributed by atoms with Gasteiger partial charge < -0.3 is 5.32 Å². The van der Waals surface area contributed by atoms with Crippen LogP contribution >= 0.6 is 0 Å². The van der Waals surface area contributed by atoms with Crippen molar-refractivity contribution in [2.75, 3.05) is 6.54 Å². The van der Waals surface area contributed by atoms with Crippen molar-refractivity contribution in [2.24, 2.45) is 11.8 Å². The van der Waals surface area contributed by atoms with Crippen LogP contribution in [0.3, 0.4) is 0 Å². The van der Waals surface area contributed by atoms with Crippen LogP contribution in [-0.2, 0) is 4.79 Å². The molecular weight excluding hydrogens is 114 g/mol. The lowest BCUT2D eigenvalue weighted by molar-refractivity contribution is -0.119. The zero-order valence-corrected chi connectivity index (χ0v) is 5.39. The summed E-state index contributed by atoms with van der Waals surface area (Å²) in [7, 11) is 0. The zero-order chi connectivity index (χ0) is 6.27. The molecule has 0 aromatic heterocycles. The van der Waals surface area contributed by atoms with Gasteiger partial charge in [0.1, 0.15) is 0 Å². The molecule has 9 heavy (non-hydrogen) atoms. The molecule has 2 fully saturated rings. The van der Waals surface area contributed by atoms with E-state index >= 15 is 0 Å². The summed E-state index contributed by atoms with van der Waals surface area (Å²) in [5.74, 6) is 1.84. The van der Waals surface area contributed by atoms with Crippen molar-refractivity contribution >= 4 is 5.91 Å². The van der Waals surface area contributed by atoms with Gasteiger partial charge in [-0.1, -0.05) is 0 Å². The van der Waals surface area contributed by atoms with E-state index in [1.54, 1.807) is 0 Å². The van der Waals surface area contributed by atoms with Gasteiger partial charge in [0, 0.05) is 13.0 Å². The molecule has 1 heterocycles. The molecule has 2 heteroatoms. The maximum atomic E-state index is 10.7. The summed E-state index contributed by atoms with van der Waals surface area (Å²) >= 11 is 0. The van der Waals surface area contributed by atoms with Crippen LogP contribution < -0.4 is 5.32 Å². The summed E-state index contributed by atoms with van der Waals surface area (Å²) in [4.78, 5) is 10.7. The molecule has 1 atom stereocenters. The molecule has 1 aliphatic carbocycles. The average molecular weight is 125 g/mol. The van der Waals surface area contributed by atoms with Gasteiger partial charge in [0.05, 0.1) is 0 Å². The molecule has 1 saturated heterocycles. The van der Waals surface area contributed by atoms with Gasteiger partial charge >= 0.3 is 0 Å². The van der Waals surface area contributed by atoms with Crippen molar-refractivity contribution in [3.05, 3.63) is 0 Å². The lowest BCUT2D eigenvalue weighted by Gasteiger charge is -2.00. The zero-order valence-electron chi connectivity index (χ0n) is 5.39. The molecule has 0 aromatic rings. The summed E-state index contributed by atoms with van der Waals surface area (Å²) in [6.45, 7) is 0.948. The van der Waals surface area contributed by atoms with Gasteiger partial charge in [-0.05, 0) is 24.7 Å². The van der Waals surface area contributed by atoms with E-state index < -0.39 is 0 Å². The summed E-state index contributed by atoms with van der Waals surface area (Å²) < 4.78 is 0. The summed E-state index contributed by atoms with van der Waals surface area (Å²) in [6, 6.07) is 0. The highest BCUT2D eigenvalue weighted by Gasteiger charge is 2.35. The third kappa shape index (κ3) is 0.934. The quantitative estimate of drug-likeness (QED) is 0.544. The highest BCUT2D eigenvalue weighted by atomic mass is 16.1. The second-order valence-electron chi connectivity index (χ2n) is 3.11. The molecule has 1 aliphatic heterocycles. The van der Waals surface area contributed by atoms with Crippen LogP contribution in [0, 0.1) is 11.8 Å². The topological polar surface area (TPSA) is 29.1 Å². The van der Waals surface area contributed by atoms with Crippen LogP contribution in [0.2, 0.25) is 0 Å². The molecule has 1 amide bonds. The molecule has 0 radical (unpaired) electrons. The van der Waals surface area contributed by atoms with E-state index in [0.717, 1.165) is 18.9 Å². The Morgan fingerprint density at radius 3 is 2.56 bits per heavy atom. The summed E-state index contributed by atoms with van der Waals surface area (Å²) in [6.07, 6.45) is 3.52. The van der Waals surface area contributed by atoms with Gasteiger partial charge in [0.25, 0.3) is 0 Å². The minimum Gasteiger partial charge on any atom is -0.356 e. The highest BCUT2D eigenvalue weighted by Crippen LogP contribution is 2.39. The number of nitrogens with one attached hydrogen (secondary N) is 1. The Labute approximate surface area is 54.6 Å². The molecule has 2 nitrogen and oxygen atoms in total. The van der Waals surface area contributed by atoms with Gasteiger partial charge in [0.2, 0.25) is 5.91 Å². The predicted octanol–water partition coefficient (Wildman–Crippen LogP) is 0.532. The van der Waals surface area contributed by atoms with Crippen LogP contribution in [0.25, 0.3) is 0 Å². The first-order valence-electron chi connectivity index (χ1n) is 3.63. The molecular formula is C7H11NO. The Kier molecular flexibility index (Phi) is 1.01. The van der Waals surface area contributed by atoms with E-state index in [4.69, 9.17) is 0 Å². The maximum absolute atomic E-state index is 10.7. The molecule has 1 unspecified atom stereocenters. The minimum atomic E-state index is 0.256. The highest BCUT2D eigenvalue weighted by molar-refractivity contribution is 5.78. The normalized spacial score (nSPS) is 34.7. The average Bonchev–Trinajstić information content (AvgIpc) is 2.58. The first-order valence-corrected chi connectivity index (χ1v) is 3.63. The largest absolute Gasteiger partial charge is 0.356 e. The molecule has 1 N–H and O–H groups in total. The fraction of sp³-hybridized carbons (Fsp3) is 0.857. The smallest absolute Gasteiger partial charge is 0.220 e. The fourth-order valence-electron chi connectivity index (χ4n) is 1.53. The van der Waals surface area contributed by atoms with Crippen LogP contribution in [0.15, 0.2) is 0 Å². The second-order valence-corrected chi connectivity index (χ2v) is 3.11. The molecule has 0 aromatic carbocycles. The Balaban J connectivity index is 1.92. The molecule has 2 rings (SSSR count). The van der Waals surface area contributed by atoms with Gasteiger partial charge in [-0.2, -0.15) is 0 Å². The molecule has 1 saturated carbocycles. The third-order valence-electron chi connectivity index (χ3n) is 2.30. The van der Waals surface area contributed by atoms with E-state index in [0.29, 0.717) is 5.92 Å². The van der Waals surface area contributed by atoms with Crippen LogP contribution in [0.1, 0.15) is 19.3 Å². The van der Waals surface area contributed by atoms with Crippen molar-refractivity contribution in [3.8, 4) is 0 Å². The Bertz CT molecular complexity index is 140. The van der Waals surface area contributed by atoms with E-state index in [-0.39, 0.29) is 5.91 Å². The van der Waals surface area contributed by atoms with Gasteiger partial charge in [-0.3, -0.25) is 4.79 Å². The Hall–Kier alpha value is -0.530. The number of hydrogen-bond acceptors (Lipinski definition) is 1. The van der Waals surface area contributed by atoms with Crippen molar-refractivity contribution in [3.63, 3.8) is 0 Å². The minimum absolute atomic E-state index is 0.256. The number of hydrogen-bond donors (Lipinski definition) is 1. The van der Waals surface area contributed by atoms with Crippen LogP contribution in [0.5, 0.6) is 0 Å². The summed E-state index contributed by atoms with van der Waals surface area (Å²) in [5.41, 5.74) is 0. The van der Waals surface area contributed by atoms with Crippen molar-refractivity contribution in [1.82, 2.24) is 5.32 Å². The van der Waals surface area contributed by atoms with Gasteiger partial charge in [-0.15, -0.1) is 0 Å². The Morgan fingerprint density at radius 2 is 2.11 bits per heavy atom. The van der Waals surface area contributed by atoms with Gasteiger partial charge in [-0.25, -0.2) is 0 Å². The number of rotatable bonds is 1. The van der Waals surface area contributed by atoms with E-state index in [9.17, 15) is 4.79 Å². The van der Waals surface area contributed by atoms with Crippen LogP contribution in [0.4, 0.5) is 0 Å². The van der Waals surface area contributed by atoms with Gasteiger partial charge in [0.15, 0.2) is 0 Å². The Morgan fingerprint density at radius 1 is 1.33 bits per heavy atom. The number of carbonyl (C=O) groups is 1. The number of carbonyl (C=O) groups excluding carboxylic acids is 1. The first-order chi connectivity index (χ1) is 4.36. The van der Waals surface area contributed by atoms with E-state index in [1.807, 2.05) is 0 Å². The van der Waals surface area contributed by atoms with E-state index in [1.165, 1.54) is 12.8 Å². The molecule has 0 spiro atoms. The third-order valence-corrected chi connectivity index (χ3v) is 2.30. The predicted molar refractivity (Wildman–Crippen MR) is 33.8 cm³/mol. The molecule has 2 aliphatic rings. The lowest BCUT2D eigenvalue weighted by Crippen LogP contribution is -2.14. The molecule has 50 valence electrons. The van der Waals surface area contributed by atoms with Crippen molar-refractivity contribution in [1.29, 1.82) is 0 Å². The second kappa shape index (κ2) is 1.72. The summed E-state index contributed by atoms with van der Waals surface area (Å²) in [5, 5.41) is 2.85. The SMILES string of the molecule is O=C1CC(C2CC2)CN1. The monoisotopic (exact) mass is 125 g/mol. The van der Waals surface area contributed by atoms with Crippen molar-refractivity contribution < 1.29 is 4.79 Å². The van der Waals surface area contributed by atoms with Crippen LogP contribution in [-0.4, -0.2) is 12.5 Å². The number of amides is 1.